The standard InChI is InChI=1S/C21H29FN4O3S/c1-5-11-29-12-7-10-18-23-20(25(4)15-27)19(21(28)24(2)3)26(18)14-16-8-6-9-17(13-16)30-22/h6,8-9,13,15H,5,7,10-12,14H2,1-4H3. The van der Waals surface area contributed by atoms with Crippen molar-refractivity contribution < 1.29 is 18.2 Å². The van der Waals surface area contributed by atoms with Crippen LogP contribution in [0.1, 0.15) is 41.6 Å². The van der Waals surface area contributed by atoms with E-state index in [2.05, 4.69) is 11.9 Å². The number of imidazole rings is 1. The summed E-state index contributed by atoms with van der Waals surface area (Å²) >= 11 is 0.177. The number of rotatable bonds is 12. The van der Waals surface area contributed by atoms with Crippen LogP contribution in [-0.4, -0.2) is 61.1 Å². The van der Waals surface area contributed by atoms with Crippen LogP contribution in [0.2, 0.25) is 0 Å². The van der Waals surface area contributed by atoms with Crippen LogP contribution in [0.5, 0.6) is 0 Å². The maximum atomic E-state index is 13.0. The van der Waals surface area contributed by atoms with Crippen molar-refractivity contribution in [2.75, 3.05) is 39.3 Å². The number of aromatic nitrogens is 2. The minimum absolute atomic E-state index is 0.177. The molecule has 2 amide bonds. The summed E-state index contributed by atoms with van der Waals surface area (Å²) in [4.78, 5) is 32.3. The highest BCUT2D eigenvalue weighted by Gasteiger charge is 2.26. The van der Waals surface area contributed by atoms with Crippen molar-refractivity contribution in [2.45, 2.75) is 37.6 Å². The van der Waals surface area contributed by atoms with Crippen molar-refractivity contribution in [3.8, 4) is 0 Å². The fraction of sp³-hybridized carbons (Fsp3) is 0.476. The van der Waals surface area contributed by atoms with Gasteiger partial charge in [-0.2, -0.15) is 3.89 Å². The first-order valence-electron chi connectivity index (χ1n) is 9.87. The van der Waals surface area contributed by atoms with Gasteiger partial charge in [0, 0.05) is 52.2 Å². The Morgan fingerprint density at radius 2 is 2.07 bits per heavy atom. The monoisotopic (exact) mass is 436 g/mol. The van der Waals surface area contributed by atoms with E-state index in [9.17, 15) is 13.5 Å². The van der Waals surface area contributed by atoms with E-state index in [1.54, 1.807) is 39.3 Å². The zero-order valence-electron chi connectivity index (χ0n) is 17.9. The third kappa shape index (κ3) is 6.06. The molecule has 0 fully saturated rings. The smallest absolute Gasteiger partial charge is 0.273 e. The van der Waals surface area contributed by atoms with Gasteiger partial charge in [-0.05, 0) is 30.5 Å². The Labute approximate surface area is 181 Å². The Morgan fingerprint density at radius 1 is 1.30 bits per heavy atom. The second kappa shape index (κ2) is 11.7. The predicted octanol–water partition coefficient (Wildman–Crippen LogP) is 3.56. The molecule has 164 valence electrons. The quantitative estimate of drug-likeness (QED) is 0.376. The number of halogens is 1. The lowest BCUT2D eigenvalue weighted by Crippen LogP contribution is -2.28. The molecule has 9 heteroatoms. The van der Waals surface area contributed by atoms with Gasteiger partial charge in [-0.15, -0.1) is 0 Å². The third-order valence-electron chi connectivity index (χ3n) is 4.49. The number of anilines is 1. The maximum Gasteiger partial charge on any atom is 0.273 e. The summed E-state index contributed by atoms with van der Waals surface area (Å²) in [7, 11) is 4.88. The summed E-state index contributed by atoms with van der Waals surface area (Å²) in [5.74, 6) is 0.738. The fourth-order valence-electron chi connectivity index (χ4n) is 3.02. The number of aryl methyl sites for hydroxylation is 1. The molecule has 0 aliphatic carbocycles. The van der Waals surface area contributed by atoms with Crippen molar-refractivity contribution >= 4 is 30.3 Å². The molecule has 0 bridgehead atoms. The van der Waals surface area contributed by atoms with Crippen molar-refractivity contribution in [1.82, 2.24) is 14.5 Å². The number of nitrogens with zero attached hydrogens (tertiary/aromatic N) is 4. The van der Waals surface area contributed by atoms with Crippen molar-refractivity contribution in [1.29, 1.82) is 0 Å². The van der Waals surface area contributed by atoms with Gasteiger partial charge >= 0.3 is 0 Å². The molecule has 0 aliphatic heterocycles. The fourth-order valence-corrected chi connectivity index (χ4v) is 3.34. The molecule has 0 spiro atoms. The van der Waals surface area contributed by atoms with Gasteiger partial charge in [0.15, 0.2) is 11.5 Å². The molecule has 0 radical (unpaired) electrons. The van der Waals surface area contributed by atoms with Gasteiger partial charge in [0.1, 0.15) is 5.82 Å². The van der Waals surface area contributed by atoms with Gasteiger partial charge < -0.3 is 19.1 Å². The third-order valence-corrected chi connectivity index (χ3v) is 4.93. The molecule has 0 saturated carbocycles. The van der Waals surface area contributed by atoms with E-state index in [1.807, 2.05) is 10.6 Å². The van der Waals surface area contributed by atoms with Crippen LogP contribution in [0.15, 0.2) is 29.2 Å². The number of carbonyl (C=O) groups excluding carboxylic acids is 2. The molecule has 0 atom stereocenters. The topological polar surface area (TPSA) is 67.7 Å². The van der Waals surface area contributed by atoms with Crippen molar-refractivity contribution in [2.24, 2.45) is 0 Å². The largest absolute Gasteiger partial charge is 0.381 e. The van der Waals surface area contributed by atoms with E-state index in [4.69, 9.17) is 4.74 Å². The first kappa shape index (κ1) is 23.9. The summed E-state index contributed by atoms with van der Waals surface area (Å²) in [6.07, 6.45) is 2.90. The average molecular weight is 437 g/mol. The molecule has 7 nitrogen and oxygen atoms in total. The highest BCUT2D eigenvalue weighted by molar-refractivity contribution is 7.94. The second-order valence-corrected chi connectivity index (χ2v) is 7.77. The zero-order chi connectivity index (χ0) is 22.1. The number of amides is 2. The molecule has 1 aromatic carbocycles. The Hall–Kier alpha value is -2.39. The molecule has 0 aliphatic rings. The summed E-state index contributed by atoms with van der Waals surface area (Å²) in [6.45, 7) is 3.68. The van der Waals surface area contributed by atoms with E-state index < -0.39 is 0 Å². The molecular formula is C21H29FN4O3S. The van der Waals surface area contributed by atoms with Gasteiger partial charge in [0.25, 0.3) is 5.91 Å². The molecule has 0 unspecified atom stereocenters. The normalized spacial score (nSPS) is 10.8. The minimum atomic E-state index is -0.254. The minimum Gasteiger partial charge on any atom is -0.381 e. The van der Waals surface area contributed by atoms with Crippen LogP contribution < -0.4 is 4.90 Å². The van der Waals surface area contributed by atoms with Gasteiger partial charge in [-0.3, -0.25) is 9.59 Å². The lowest BCUT2D eigenvalue weighted by molar-refractivity contribution is -0.107. The summed E-state index contributed by atoms with van der Waals surface area (Å²) in [5.41, 5.74) is 1.17. The highest BCUT2D eigenvalue weighted by Crippen LogP contribution is 2.25. The summed E-state index contributed by atoms with van der Waals surface area (Å²) < 4.78 is 20.4. The SMILES string of the molecule is CCCOCCCc1nc(N(C)C=O)c(C(=O)N(C)C)n1Cc1cccc(SF)c1. The van der Waals surface area contributed by atoms with Crippen molar-refractivity contribution in [3.05, 3.63) is 41.3 Å². The molecule has 30 heavy (non-hydrogen) atoms. The van der Waals surface area contributed by atoms with Crippen LogP contribution in [0.3, 0.4) is 0 Å². The van der Waals surface area contributed by atoms with Gasteiger partial charge in [-0.25, -0.2) is 4.98 Å². The van der Waals surface area contributed by atoms with Crippen LogP contribution in [0.25, 0.3) is 0 Å². The Kier molecular flexibility index (Phi) is 9.32. The summed E-state index contributed by atoms with van der Waals surface area (Å²) in [6, 6.07) is 7.08. The van der Waals surface area contributed by atoms with Gasteiger partial charge in [0.2, 0.25) is 6.41 Å². The maximum absolute atomic E-state index is 13.0. The van der Waals surface area contributed by atoms with Crippen LogP contribution >= 0.6 is 12.1 Å². The lowest BCUT2D eigenvalue weighted by Gasteiger charge is -2.17. The number of hydrogen-bond acceptors (Lipinski definition) is 5. The number of hydrogen-bond donors (Lipinski definition) is 0. The lowest BCUT2D eigenvalue weighted by atomic mass is 10.2. The Balaban J connectivity index is 2.47. The molecule has 1 heterocycles. The van der Waals surface area contributed by atoms with Crippen LogP contribution in [0.4, 0.5) is 9.70 Å². The van der Waals surface area contributed by atoms with E-state index in [-0.39, 0.29) is 18.1 Å². The van der Waals surface area contributed by atoms with E-state index in [1.165, 1.54) is 9.80 Å². The molecule has 2 rings (SSSR count). The summed E-state index contributed by atoms with van der Waals surface area (Å²) in [5, 5.41) is 0. The van der Waals surface area contributed by atoms with E-state index >= 15 is 0 Å². The van der Waals surface area contributed by atoms with E-state index in [0.29, 0.717) is 54.8 Å². The van der Waals surface area contributed by atoms with Crippen molar-refractivity contribution in [3.63, 3.8) is 0 Å². The molecule has 1 aromatic heterocycles. The first-order valence-corrected chi connectivity index (χ1v) is 10.6. The molecular weight excluding hydrogens is 407 g/mol. The zero-order valence-corrected chi connectivity index (χ0v) is 18.7. The molecule has 0 saturated heterocycles. The second-order valence-electron chi connectivity index (χ2n) is 7.14. The Morgan fingerprint density at radius 3 is 2.70 bits per heavy atom. The van der Waals surface area contributed by atoms with Crippen LogP contribution in [-0.2, 0) is 22.5 Å². The highest BCUT2D eigenvalue weighted by atomic mass is 32.2. The van der Waals surface area contributed by atoms with Crippen LogP contribution in [0, 0.1) is 0 Å². The predicted molar refractivity (Wildman–Crippen MR) is 117 cm³/mol. The van der Waals surface area contributed by atoms with Gasteiger partial charge in [0.05, 0.1) is 12.1 Å². The Bertz CT molecular complexity index is 857. The number of benzene rings is 1. The molecule has 0 N–H and O–H groups in total. The average Bonchev–Trinajstić information content (AvgIpc) is 3.10. The number of carbonyl (C=O) groups is 2. The molecule has 2 aromatic rings. The first-order chi connectivity index (χ1) is 14.4. The number of ether oxygens (including phenoxy) is 1. The van der Waals surface area contributed by atoms with E-state index in [0.717, 1.165) is 18.4 Å². The van der Waals surface area contributed by atoms with Gasteiger partial charge in [-0.1, -0.05) is 19.1 Å².